The van der Waals surface area contributed by atoms with Crippen LogP contribution < -0.4 is 0 Å². The molecule has 0 aromatic rings. The molecule has 0 aliphatic heterocycles. The molecule has 0 saturated heterocycles. The number of aliphatic imine (C=N–C) groups is 1. The summed E-state index contributed by atoms with van der Waals surface area (Å²) in [5.41, 5.74) is 2.81. The summed E-state index contributed by atoms with van der Waals surface area (Å²) in [5, 5.41) is 0. The van der Waals surface area contributed by atoms with Gasteiger partial charge in [-0.05, 0) is 0 Å². The van der Waals surface area contributed by atoms with Crippen molar-refractivity contribution in [1.29, 1.82) is 0 Å². The van der Waals surface area contributed by atoms with E-state index in [1.54, 1.807) is 0 Å². The first-order chi connectivity index (χ1) is 8.60. The van der Waals surface area contributed by atoms with Crippen LogP contribution in [0.25, 0.3) is 0 Å². The predicted molar refractivity (Wildman–Crippen MR) is 85.7 cm³/mol. The summed E-state index contributed by atoms with van der Waals surface area (Å²) < 4.78 is 7.68. The van der Waals surface area contributed by atoms with Crippen molar-refractivity contribution >= 4 is 27.4 Å². The SMILES string of the molecule is CCCN=C(/C=C(/CC)[N](CCC)[In]([CH3])[CH3])CC. The molecule has 0 fully saturated rings. The molecular weight excluding hydrogens is 323 g/mol. The van der Waals surface area contributed by atoms with E-state index >= 15 is 0 Å². The molecule has 0 amide bonds. The predicted octanol–water partition coefficient (Wildman–Crippen LogP) is 4.50. The molecule has 2 nitrogen and oxygen atoms in total. The molecule has 0 rings (SSSR count). The van der Waals surface area contributed by atoms with Crippen molar-refractivity contribution in [1.82, 2.24) is 2.89 Å². The molecule has 0 bridgehead atoms. The van der Waals surface area contributed by atoms with E-state index in [0.29, 0.717) is 0 Å². The van der Waals surface area contributed by atoms with Gasteiger partial charge in [-0.3, -0.25) is 0 Å². The molecule has 3 heteroatoms. The molecular formula is C15H31InN2. The van der Waals surface area contributed by atoms with Gasteiger partial charge in [-0.25, -0.2) is 0 Å². The van der Waals surface area contributed by atoms with Crippen molar-refractivity contribution in [2.45, 2.75) is 62.7 Å². The fraction of sp³-hybridized carbons (Fsp3) is 0.800. The normalized spacial score (nSPS) is 12.8. The third-order valence-corrected chi connectivity index (χ3v) is 8.29. The molecule has 0 aliphatic rings. The summed E-state index contributed by atoms with van der Waals surface area (Å²) in [6.45, 7) is 11.2. The number of hydrogen-bond acceptors (Lipinski definition) is 2. The van der Waals surface area contributed by atoms with Crippen LogP contribution in [-0.2, 0) is 0 Å². The standard InChI is InChI=1S/C13H25N2.2CH3.In/c1-5-9-14-12(7-3)11-13(8-4)15-10-6-2;;;/h11H,5-10H2,1-4H3;2*1H3;/q-1;;;+1/b12-11-,15-13?;;;. The van der Waals surface area contributed by atoms with Crippen molar-refractivity contribution in [3.05, 3.63) is 11.8 Å². The quantitative estimate of drug-likeness (QED) is 0.557. The first-order valence-electron chi connectivity index (χ1n) is 7.61. The first kappa shape index (κ1) is 18.1. The number of nitrogens with zero attached hydrogens (tertiary/aromatic N) is 2. The maximum atomic E-state index is 4.69. The summed E-state index contributed by atoms with van der Waals surface area (Å²) >= 11 is -1.45. The van der Waals surface area contributed by atoms with Gasteiger partial charge in [0.2, 0.25) is 0 Å². The van der Waals surface area contributed by atoms with Gasteiger partial charge in [0.15, 0.2) is 0 Å². The van der Waals surface area contributed by atoms with Gasteiger partial charge in [-0.1, -0.05) is 0 Å². The zero-order valence-electron chi connectivity index (χ0n) is 13.3. The van der Waals surface area contributed by atoms with E-state index in [0.717, 1.165) is 25.8 Å². The van der Waals surface area contributed by atoms with Crippen molar-refractivity contribution in [3.8, 4) is 0 Å². The molecule has 0 unspecified atom stereocenters. The monoisotopic (exact) mass is 354 g/mol. The molecule has 0 aromatic heterocycles. The van der Waals surface area contributed by atoms with Crippen molar-refractivity contribution in [3.63, 3.8) is 0 Å². The van der Waals surface area contributed by atoms with Crippen LogP contribution in [0.15, 0.2) is 16.8 Å². The fourth-order valence-corrected chi connectivity index (χ4v) is 6.91. The first-order valence-corrected chi connectivity index (χ1v) is 15.7. The van der Waals surface area contributed by atoms with Crippen molar-refractivity contribution in [2.75, 3.05) is 13.1 Å². The van der Waals surface area contributed by atoms with Crippen LogP contribution in [0.4, 0.5) is 0 Å². The van der Waals surface area contributed by atoms with Crippen molar-refractivity contribution < 1.29 is 0 Å². The third kappa shape index (κ3) is 6.86. The van der Waals surface area contributed by atoms with Gasteiger partial charge >= 0.3 is 123 Å². The van der Waals surface area contributed by atoms with E-state index in [1.165, 1.54) is 24.4 Å². The summed E-state index contributed by atoms with van der Waals surface area (Å²) in [7, 11) is 0. The van der Waals surface area contributed by atoms with Gasteiger partial charge < -0.3 is 0 Å². The maximum absolute atomic E-state index is 4.69. The Morgan fingerprint density at radius 3 is 2.11 bits per heavy atom. The Kier molecular flexibility index (Phi) is 11.0. The van der Waals surface area contributed by atoms with E-state index in [1.807, 2.05) is 0 Å². The average molecular weight is 354 g/mol. The van der Waals surface area contributed by atoms with Crippen LogP contribution in [0.3, 0.4) is 0 Å². The minimum atomic E-state index is -1.45. The van der Waals surface area contributed by atoms with Crippen LogP contribution in [-0.4, -0.2) is 43.4 Å². The van der Waals surface area contributed by atoms with Crippen LogP contribution in [0.2, 0.25) is 9.36 Å². The Morgan fingerprint density at radius 2 is 1.72 bits per heavy atom. The minimum absolute atomic E-state index is 0.968. The van der Waals surface area contributed by atoms with Gasteiger partial charge in [0.1, 0.15) is 0 Å². The van der Waals surface area contributed by atoms with Crippen LogP contribution >= 0.6 is 0 Å². The summed E-state index contributed by atoms with van der Waals surface area (Å²) in [5.74, 6) is 0. The van der Waals surface area contributed by atoms with Crippen molar-refractivity contribution in [2.24, 2.45) is 4.99 Å². The molecule has 18 heavy (non-hydrogen) atoms. The van der Waals surface area contributed by atoms with E-state index in [-0.39, 0.29) is 0 Å². The average Bonchev–Trinajstić information content (AvgIpc) is 2.37. The fourth-order valence-electron chi connectivity index (χ4n) is 2.07. The third-order valence-electron chi connectivity index (χ3n) is 3.05. The molecule has 0 aliphatic carbocycles. The second-order valence-electron chi connectivity index (χ2n) is 5.00. The summed E-state index contributed by atoms with van der Waals surface area (Å²) in [6, 6.07) is 0. The zero-order valence-corrected chi connectivity index (χ0v) is 16.6. The Morgan fingerprint density at radius 1 is 1.06 bits per heavy atom. The Labute approximate surface area is 122 Å². The second kappa shape index (κ2) is 11.0. The van der Waals surface area contributed by atoms with E-state index < -0.39 is 21.7 Å². The van der Waals surface area contributed by atoms with Gasteiger partial charge in [0.05, 0.1) is 0 Å². The van der Waals surface area contributed by atoms with Gasteiger partial charge in [-0.15, -0.1) is 0 Å². The van der Waals surface area contributed by atoms with E-state index in [2.05, 4.69) is 51.0 Å². The topological polar surface area (TPSA) is 15.6 Å². The molecule has 104 valence electrons. The van der Waals surface area contributed by atoms with E-state index in [9.17, 15) is 0 Å². The van der Waals surface area contributed by atoms with Crippen LogP contribution in [0.1, 0.15) is 53.4 Å². The summed E-state index contributed by atoms with van der Waals surface area (Å²) in [6.07, 6.45) is 6.94. The zero-order chi connectivity index (χ0) is 14.0. The Balaban J connectivity index is 4.99. The molecule has 0 spiro atoms. The Bertz CT molecular complexity index is 270. The number of rotatable bonds is 9. The molecule has 0 heterocycles. The molecule has 0 aromatic carbocycles. The van der Waals surface area contributed by atoms with Gasteiger partial charge in [0.25, 0.3) is 0 Å². The van der Waals surface area contributed by atoms with E-state index in [4.69, 9.17) is 0 Å². The van der Waals surface area contributed by atoms with Crippen LogP contribution in [0.5, 0.6) is 0 Å². The number of allylic oxidation sites excluding steroid dienone is 2. The van der Waals surface area contributed by atoms with Gasteiger partial charge in [0, 0.05) is 0 Å². The van der Waals surface area contributed by atoms with Gasteiger partial charge in [-0.2, -0.15) is 0 Å². The second-order valence-corrected chi connectivity index (χ2v) is 13.0. The number of hydrogen-bond donors (Lipinski definition) is 0. The molecule has 0 saturated carbocycles. The molecule has 0 atom stereocenters. The molecule has 0 N–H and O–H groups in total. The Hall–Kier alpha value is 0.0801. The van der Waals surface area contributed by atoms with Crippen LogP contribution in [0, 0.1) is 0 Å². The summed E-state index contributed by atoms with van der Waals surface area (Å²) in [4.78, 5) is 4.69. The molecule has 0 radical (unpaired) electrons.